The van der Waals surface area contributed by atoms with Crippen molar-refractivity contribution in [3.8, 4) is 0 Å². The van der Waals surface area contributed by atoms with Crippen molar-refractivity contribution in [2.75, 3.05) is 5.32 Å². The molecule has 1 N–H and O–H groups in total. The first-order valence-electron chi connectivity index (χ1n) is 8.61. The summed E-state index contributed by atoms with van der Waals surface area (Å²) < 4.78 is 5.15. The lowest BCUT2D eigenvalue weighted by Crippen LogP contribution is -2.29. The highest BCUT2D eigenvalue weighted by Crippen LogP contribution is 2.23. The van der Waals surface area contributed by atoms with E-state index in [1.807, 2.05) is 54.6 Å². The van der Waals surface area contributed by atoms with Crippen molar-refractivity contribution in [3.63, 3.8) is 0 Å². The number of hydrogen-bond donors (Lipinski definition) is 1. The van der Waals surface area contributed by atoms with Crippen LogP contribution in [0.2, 0.25) is 0 Å². The predicted octanol–water partition coefficient (Wildman–Crippen LogP) is 4.57. The normalized spacial score (nSPS) is 12.6. The zero-order valence-electron chi connectivity index (χ0n) is 15.7. The van der Waals surface area contributed by atoms with E-state index >= 15 is 0 Å². The summed E-state index contributed by atoms with van der Waals surface area (Å²) in [6.45, 7) is 7.94. The molecule has 0 aromatic heterocycles. The van der Waals surface area contributed by atoms with Gasteiger partial charge in [0.2, 0.25) is 0 Å². The summed E-state index contributed by atoms with van der Waals surface area (Å²) in [5.41, 5.74) is 2.79. The number of carbonyl (C=O) groups is 2. The summed E-state index contributed by atoms with van der Waals surface area (Å²) in [7, 11) is 0. The van der Waals surface area contributed by atoms with E-state index in [0.29, 0.717) is 5.69 Å². The van der Waals surface area contributed by atoms with E-state index in [1.54, 1.807) is 13.0 Å². The average molecular weight is 351 g/mol. The maximum absolute atomic E-state index is 12.2. The molecule has 2 aromatic rings. The fourth-order valence-corrected chi connectivity index (χ4v) is 2.29. The van der Waals surface area contributed by atoms with Crippen molar-refractivity contribution in [1.29, 1.82) is 0 Å². The van der Waals surface area contributed by atoms with Gasteiger partial charge in [0.05, 0.1) is 0 Å². The minimum absolute atomic E-state index is 0.0520. The van der Waals surface area contributed by atoms with Gasteiger partial charge in [0.15, 0.2) is 6.10 Å². The number of benzene rings is 2. The molecule has 4 heteroatoms. The molecule has 1 amide bonds. The van der Waals surface area contributed by atoms with E-state index in [-0.39, 0.29) is 11.3 Å². The number of hydrogen-bond acceptors (Lipinski definition) is 3. The van der Waals surface area contributed by atoms with Gasteiger partial charge in [-0.05, 0) is 41.7 Å². The third-order valence-corrected chi connectivity index (χ3v) is 3.89. The number of rotatable bonds is 5. The zero-order chi connectivity index (χ0) is 19.2. The van der Waals surface area contributed by atoms with Crippen LogP contribution in [0.3, 0.4) is 0 Å². The van der Waals surface area contributed by atoms with Gasteiger partial charge < -0.3 is 10.1 Å². The maximum atomic E-state index is 12.2. The summed E-state index contributed by atoms with van der Waals surface area (Å²) in [6, 6.07) is 17.1. The second-order valence-electron chi connectivity index (χ2n) is 7.14. The van der Waals surface area contributed by atoms with Crippen molar-refractivity contribution in [2.45, 2.75) is 39.2 Å². The summed E-state index contributed by atoms with van der Waals surface area (Å²) >= 11 is 0. The van der Waals surface area contributed by atoms with Gasteiger partial charge in [0.25, 0.3) is 5.91 Å². The van der Waals surface area contributed by atoms with Gasteiger partial charge in [-0.25, -0.2) is 4.79 Å². The molecule has 0 bridgehead atoms. The Labute approximate surface area is 154 Å². The molecule has 0 saturated carbocycles. The quantitative estimate of drug-likeness (QED) is 0.634. The topological polar surface area (TPSA) is 55.4 Å². The highest BCUT2D eigenvalue weighted by atomic mass is 16.5. The molecule has 26 heavy (non-hydrogen) atoms. The lowest BCUT2D eigenvalue weighted by molar-refractivity contribution is -0.148. The van der Waals surface area contributed by atoms with Crippen molar-refractivity contribution >= 4 is 23.6 Å². The number of esters is 1. The molecular formula is C22H25NO3. The molecule has 1 unspecified atom stereocenters. The van der Waals surface area contributed by atoms with Crippen LogP contribution < -0.4 is 5.32 Å². The third kappa shape index (κ3) is 5.88. The van der Waals surface area contributed by atoms with E-state index in [2.05, 4.69) is 26.1 Å². The average Bonchev–Trinajstić information content (AvgIpc) is 2.60. The molecule has 2 rings (SSSR count). The lowest BCUT2D eigenvalue weighted by Gasteiger charge is -2.19. The molecule has 0 aliphatic rings. The van der Waals surface area contributed by atoms with Gasteiger partial charge in [0.1, 0.15) is 0 Å². The van der Waals surface area contributed by atoms with Crippen molar-refractivity contribution in [2.24, 2.45) is 0 Å². The highest BCUT2D eigenvalue weighted by Gasteiger charge is 2.17. The molecule has 0 saturated heterocycles. The van der Waals surface area contributed by atoms with Crippen LogP contribution in [0, 0.1) is 0 Å². The smallest absolute Gasteiger partial charge is 0.331 e. The second-order valence-corrected chi connectivity index (χ2v) is 7.14. The van der Waals surface area contributed by atoms with Gasteiger partial charge >= 0.3 is 5.97 Å². The number of carbonyl (C=O) groups excluding carboxylic acids is 2. The SMILES string of the molecule is CC(OC(=O)/C=C/c1ccccc1)C(=O)Nc1ccc(C(C)(C)C)cc1. The number of amides is 1. The first kappa shape index (κ1) is 19.4. The van der Waals surface area contributed by atoms with Crippen molar-refractivity contribution in [1.82, 2.24) is 0 Å². The monoisotopic (exact) mass is 351 g/mol. The summed E-state index contributed by atoms with van der Waals surface area (Å²) in [6.07, 6.45) is 2.08. The van der Waals surface area contributed by atoms with Gasteiger partial charge in [-0.2, -0.15) is 0 Å². The summed E-state index contributed by atoms with van der Waals surface area (Å²) in [5, 5.41) is 2.76. The van der Waals surface area contributed by atoms with Crippen LogP contribution in [0.1, 0.15) is 38.8 Å². The summed E-state index contributed by atoms with van der Waals surface area (Å²) in [5.74, 6) is -0.922. The molecule has 2 aromatic carbocycles. The fourth-order valence-electron chi connectivity index (χ4n) is 2.29. The Morgan fingerprint density at radius 3 is 2.19 bits per heavy atom. The Morgan fingerprint density at radius 2 is 1.62 bits per heavy atom. The van der Waals surface area contributed by atoms with Gasteiger partial charge in [-0.3, -0.25) is 4.79 Å². The molecule has 0 fully saturated rings. The van der Waals surface area contributed by atoms with Crippen molar-refractivity contribution in [3.05, 3.63) is 71.8 Å². The first-order chi connectivity index (χ1) is 12.3. The molecular weight excluding hydrogens is 326 g/mol. The number of ether oxygens (including phenoxy) is 1. The predicted molar refractivity (Wildman–Crippen MR) is 105 cm³/mol. The van der Waals surface area contributed by atoms with E-state index in [4.69, 9.17) is 4.74 Å². The molecule has 1 atom stereocenters. The molecule has 0 radical (unpaired) electrons. The Hall–Kier alpha value is -2.88. The second kappa shape index (κ2) is 8.48. The fraction of sp³-hybridized carbons (Fsp3) is 0.273. The van der Waals surface area contributed by atoms with Crippen LogP contribution >= 0.6 is 0 Å². The van der Waals surface area contributed by atoms with Crippen LogP contribution in [0.15, 0.2) is 60.7 Å². The van der Waals surface area contributed by atoms with Gasteiger partial charge in [0, 0.05) is 11.8 Å². The minimum atomic E-state index is -0.884. The molecule has 0 aliphatic heterocycles. The standard InChI is InChI=1S/C22H25NO3/c1-16(26-20(24)15-10-17-8-6-5-7-9-17)21(25)23-19-13-11-18(12-14-19)22(2,3)4/h5-16H,1-4H3,(H,23,25)/b15-10+. The largest absolute Gasteiger partial charge is 0.449 e. The Bertz CT molecular complexity index is 771. The van der Waals surface area contributed by atoms with E-state index in [1.165, 1.54) is 11.6 Å². The van der Waals surface area contributed by atoms with E-state index in [9.17, 15) is 9.59 Å². The Morgan fingerprint density at radius 1 is 1.00 bits per heavy atom. The van der Waals surface area contributed by atoms with E-state index < -0.39 is 12.1 Å². The van der Waals surface area contributed by atoms with Crippen LogP contribution in [-0.2, 0) is 19.7 Å². The van der Waals surface area contributed by atoms with Crippen molar-refractivity contribution < 1.29 is 14.3 Å². The maximum Gasteiger partial charge on any atom is 0.331 e. The molecule has 4 nitrogen and oxygen atoms in total. The van der Waals surface area contributed by atoms with Gasteiger partial charge in [-0.15, -0.1) is 0 Å². The lowest BCUT2D eigenvalue weighted by atomic mass is 9.87. The minimum Gasteiger partial charge on any atom is -0.449 e. The third-order valence-electron chi connectivity index (χ3n) is 3.89. The molecule has 0 heterocycles. The van der Waals surface area contributed by atoms with Gasteiger partial charge in [-0.1, -0.05) is 63.2 Å². The van der Waals surface area contributed by atoms with E-state index in [0.717, 1.165) is 5.56 Å². The van der Waals surface area contributed by atoms with Crippen LogP contribution in [-0.4, -0.2) is 18.0 Å². The Balaban J connectivity index is 1.89. The zero-order valence-corrected chi connectivity index (χ0v) is 15.7. The van der Waals surface area contributed by atoms with Crippen LogP contribution in [0.5, 0.6) is 0 Å². The number of nitrogens with one attached hydrogen (secondary N) is 1. The molecule has 0 spiro atoms. The molecule has 136 valence electrons. The van der Waals surface area contributed by atoms with Crippen LogP contribution in [0.25, 0.3) is 6.08 Å². The number of anilines is 1. The Kier molecular flexibility index (Phi) is 6.34. The van der Waals surface area contributed by atoms with Crippen LogP contribution in [0.4, 0.5) is 5.69 Å². The highest BCUT2D eigenvalue weighted by molar-refractivity contribution is 5.96. The molecule has 0 aliphatic carbocycles. The summed E-state index contributed by atoms with van der Waals surface area (Å²) in [4.78, 5) is 24.0. The first-order valence-corrected chi connectivity index (χ1v) is 8.61.